The average Bonchev–Trinajstić information content (AvgIpc) is 3.26. The van der Waals surface area contributed by atoms with Crippen LogP contribution in [0, 0.1) is 6.92 Å². The number of thiazole rings is 1. The highest BCUT2D eigenvalue weighted by atomic mass is 32.2. The summed E-state index contributed by atoms with van der Waals surface area (Å²) in [5.41, 5.74) is 1.05. The number of nitrogens with zero attached hydrogens (tertiary/aromatic N) is 5. The van der Waals surface area contributed by atoms with Gasteiger partial charge in [-0.15, -0.1) is 11.3 Å². The van der Waals surface area contributed by atoms with Gasteiger partial charge in [0.05, 0.1) is 23.5 Å². The quantitative estimate of drug-likeness (QED) is 0.675. The number of aryl methyl sites for hydroxylation is 1. The third kappa shape index (κ3) is 3.27. The predicted octanol–water partition coefficient (Wildman–Crippen LogP) is 2.79. The number of carbonyl (C=O) groups excluding carboxylic acids is 1. The maximum atomic E-state index is 13.0. The number of amides is 1. The lowest BCUT2D eigenvalue weighted by Gasteiger charge is -2.20. The summed E-state index contributed by atoms with van der Waals surface area (Å²) in [5.74, 6) is 0.488. The van der Waals surface area contributed by atoms with Crippen LogP contribution in [0.15, 0.2) is 21.5 Å². The van der Waals surface area contributed by atoms with Gasteiger partial charge in [0.25, 0.3) is 5.56 Å². The molecule has 142 valence electrons. The molecule has 0 saturated carbocycles. The van der Waals surface area contributed by atoms with Crippen LogP contribution in [0.5, 0.6) is 0 Å². The third-order valence-corrected chi connectivity index (χ3v) is 6.27. The number of aromatic nitrogens is 5. The molecule has 8 nitrogen and oxygen atoms in total. The van der Waals surface area contributed by atoms with Crippen molar-refractivity contribution in [3.8, 4) is 0 Å². The molecule has 10 heteroatoms. The molecule has 1 atom stereocenters. The van der Waals surface area contributed by atoms with Crippen LogP contribution >= 0.6 is 23.1 Å². The maximum absolute atomic E-state index is 13.0. The van der Waals surface area contributed by atoms with Crippen molar-refractivity contribution in [2.45, 2.75) is 50.9 Å². The van der Waals surface area contributed by atoms with Gasteiger partial charge in [-0.25, -0.2) is 14.6 Å². The van der Waals surface area contributed by atoms with E-state index in [4.69, 9.17) is 0 Å². The van der Waals surface area contributed by atoms with Crippen LogP contribution in [-0.4, -0.2) is 36.0 Å². The number of anilines is 1. The van der Waals surface area contributed by atoms with Gasteiger partial charge in [0.1, 0.15) is 5.39 Å². The number of fused-ring (bicyclic) bond motifs is 2. The molecule has 1 N–H and O–H groups in total. The molecule has 0 aliphatic carbocycles. The Kier molecular flexibility index (Phi) is 4.34. The highest BCUT2D eigenvalue weighted by molar-refractivity contribution is 7.99. The smallest absolute Gasteiger partial charge is 0.265 e. The first kappa shape index (κ1) is 18.2. The molecule has 0 saturated heterocycles. The monoisotopic (exact) mass is 404 g/mol. The third-order valence-electron chi connectivity index (χ3n) is 4.29. The van der Waals surface area contributed by atoms with Crippen molar-refractivity contribution in [2.75, 3.05) is 11.1 Å². The van der Waals surface area contributed by atoms with Crippen LogP contribution < -0.4 is 10.9 Å². The standard InChI is InChI=1S/C17H20N6O2S2/c1-9-7-26-15(19-9)20-12(24)5-10-8-27-16-21-13-11(14(25)22(10)16)6-18-23(13)17(2,3)4/h6-7,10H,5,8H2,1-4H3,(H,19,20,24). The maximum Gasteiger partial charge on any atom is 0.265 e. The van der Waals surface area contributed by atoms with Crippen molar-refractivity contribution >= 4 is 45.2 Å². The van der Waals surface area contributed by atoms with Crippen LogP contribution in [-0.2, 0) is 10.3 Å². The van der Waals surface area contributed by atoms with Gasteiger partial charge in [-0.1, -0.05) is 11.8 Å². The molecule has 0 bridgehead atoms. The van der Waals surface area contributed by atoms with E-state index in [0.29, 0.717) is 27.1 Å². The Labute approximate surface area is 164 Å². The lowest BCUT2D eigenvalue weighted by Crippen LogP contribution is -2.29. The van der Waals surface area contributed by atoms with Crippen molar-refractivity contribution < 1.29 is 4.79 Å². The molecule has 0 radical (unpaired) electrons. The summed E-state index contributed by atoms with van der Waals surface area (Å²) >= 11 is 2.89. The topological polar surface area (TPSA) is 94.7 Å². The summed E-state index contributed by atoms with van der Waals surface area (Å²) in [5, 5.41) is 10.8. The Morgan fingerprint density at radius 3 is 2.81 bits per heavy atom. The predicted molar refractivity (Wildman–Crippen MR) is 107 cm³/mol. The zero-order valence-electron chi connectivity index (χ0n) is 15.5. The molecule has 1 unspecified atom stereocenters. The van der Waals surface area contributed by atoms with Crippen LogP contribution in [0.4, 0.5) is 5.13 Å². The van der Waals surface area contributed by atoms with Gasteiger partial charge in [0.15, 0.2) is 15.9 Å². The highest BCUT2D eigenvalue weighted by Gasteiger charge is 2.30. The summed E-state index contributed by atoms with van der Waals surface area (Å²) in [6, 6.07) is -0.228. The Morgan fingerprint density at radius 2 is 2.15 bits per heavy atom. The van der Waals surface area contributed by atoms with E-state index in [1.54, 1.807) is 15.4 Å². The van der Waals surface area contributed by atoms with Gasteiger partial charge in [-0.05, 0) is 27.7 Å². The molecule has 3 aromatic rings. The number of hydrogen-bond donors (Lipinski definition) is 1. The Bertz CT molecular complexity index is 1090. The molecular formula is C17H20N6O2S2. The molecule has 1 aliphatic rings. The normalized spacial score (nSPS) is 16.7. The van der Waals surface area contributed by atoms with E-state index in [2.05, 4.69) is 20.4 Å². The van der Waals surface area contributed by atoms with Crippen LogP contribution in [0.3, 0.4) is 0 Å². The highest BCUT2D eigenvalue weighted by Crippen LogP contribution is 2.34. The minimum Gasteiger partial charge on any atom is -0.302 e. The van der Waals surface area contributed by atoms with E-state index in [1.807, 2.05) is 33.1 Å². The van der Waals surface area contributed by atoms with E-state index in [-0.39, 0.29) is 29.5 Å². The fourth-order valence-electron chi connectivity index (χ4n) is 3.07. The number of carbonyl (C=O) groups is 1. The summed E-state index contributed by atoms with van der Waals surface area (Å²) in [6.07, 6.45) is 1.78. The molecule has 4 heterocycles. The number of hydrogen-bond acceptors (Lipinski definition) is 7. The zero-order chi connectivity index (χ0) is 19.3. The molecule has 0 aromatic carbocycles. The second-order valence-corrected chi connectivity index (χ2v) is 9.39. The molecule has 3 aromatic heterocycles. The van der Waals surface area contributed by atoms with Gasteiger partial charge in [-0.2, -0.15) is 5.10 Å². The zero-order valence-corrected chi connectivity index (χ0v) is 17.1. The molecule has 27 heavy (non-hydrogen) atoms. The fraction of sp³-hybridized carbons (Fsp3) is 0.471. The summed E-state index contributed by atoms with van der Waals surface area (Å²) in [6.45, 7) is 7.94. The van der Waals surface area contributed by atoms with Crippen molar-refractivity contribution in [2.24, 2.45) is 0 Å². The van der Waals surface area contributed by atoms with Crippen molar-refractivity contribution in [1.82, 2.24) is 24.3 Å². The van der Waals surface area contributed by atoms with Gasteiger partial charge in [0.2, 0.25) is 5.91 Å². The van der Waals surface area contributed by atoms with E-state index in [0.717, 1.165) is 5.69 Å². The Morgan fingerprint density at radius 1 is 1.37 bits per heavy atom. The fourth-order valence-corrected chi connectivity index (χ4v) is 4.90. The van der Waals surface area contributed by atoms with Gasteiger partial charge in [0, 0.05) is 17.6 Å². The first-order valence-corrected chi connectivity index (χ1v) is 10.5. The Hall–Kier alpha value is -2.20. The van der Waals surface area contributed by atoms with Gasteiger partial charge >= 0.3 is 0 Å². The van der Waals surface area contributed by atoms with E-state index in [1.165, 1.54) is 23.1 Å². The minimum atomic E-state index is -0.269. The molecule has 0 fully saturated rings. The van der Waals surface area contributed by atoms with Gasteiger partial charge < -0.3 is 5.32 Å². The summed E-state index contributed by atoms with van der Waals surface area (Å²) in [7, 11) is 0. The number of nitrogens with one attached hydrogen (secondary N) is 1. The molecule has 1 aliphatic heterocycles. The second kappa shape index (κ2) is 6.45. The van der Waals surface area contributed by atoms with Crippen LogP contribution in [0.1, 0.15) is 38.9 Å². The SMILES string of the molecule is Cc1csc(NC(=O)CC2CSc3nc4c(cnn4C(C)(C)C)c(=O)n32)n1. The summed E-state index contributed by atoms with van der Waals surface area (Å²) < 4.78 is 3.41. The average molecular weight is 405 g/mol. The van der Waals surface area contributed by atoms with Crippen molar-refractivity contribution in [3.63, 3.8) is 0 Å². The first-order chi connectivity index (χ1) is 12.7. The molecule has 1 amide bonds. The molecular weight excluding hydrogens is 384 g/mol. The van der Waals surface area contributed by atoms with E-state index in [9.17, 15) is 9.59 Å². The summed E-state index contributed by atoms with van der Waals surface area (Å²) in [4.78, 5) is 34.3. The number of thioether (sulfide) groups is 1. The Balaban J connectivity index is 1.64. The number of rotatable bonds is 3. The molecule has 0 spiro atoms. The second-order valence-electron chi connectivity index (χ2n) is 7.55. The largest absolute Gasteiger partial charge is 0.302 e. The molecule has 4 rings (SSSR count). The van der Waals surface area contributed by atoms with Crippen molar-refractivity contribution in [3.05, 3.63) is 27.6 Å². The van der Waals surface area contributed by atoms with Crippen LogP contribution in [0.25, 0.3) is 11.0 Å². The first-order valence-electron chi connectivity index (χ1n) is 8.59. The van der Waals surface area contributed by atoms with Gasteiger partial charge in [-0.3, -0.25) is 14.2 Å². The lowest BCUT2D eigenvalue weighted by molar-refractivity contribution is -0.116. The van der Waals surface area contributed by atoms with Crippen molar-refractivity contribution in [1.29, 1.82) is 0 Å². The van der Waals surface area contributed by atoms with E-state index < -0.39 is 0 Å². The minimum absolute atomic E-state index is 0.140. The van der Waals surface area contributed by atoms with E-state index >= 15 is 0 Å². The van der Waals surface area contributed by atoms with Crippen LogP contribution in [0.2, 0.25) is 0 Å². The lowest BCUT2D eigenvalue weighted by atomic mass is 10.1.